The van der Waals surface area contributed by atoms with E-state index < -0.39 is 0 Å². The lowest BCUT2D eigenvalue weighted by molar-refractivity contribution is 0.509. The molecule has 0 amide bonds. The van der Waals surface area contributed by atoms with Gasteiger partial charge in [-0.05, 0) is 12.1 Å². The number of allylic oxidation sites excluding steroid dienone is 1. The summed E-state index contributed by atoms with van der Waals surface area (Å²) in [5.74, 6) is 0.722. The molecule has 1 aromatic carbocycles. The molecule has 0 aliphatic rings. The van der Waals surface area contributed by atoms with Gasteiger partial charge in [-0.2, -0.15) is 0 Å². The number of fused-ring (bicyclic) bond motifs is 1. The molecule has 0 spiro atoms. The molecule has 0 unspecified atom stereocenters. The number of hydrogen-bond acceptors (Lipinski definition) is 3. The molecule has 0 saturated carbocycles. The molecule has 3 heteroatoms. The first kappa shape index (κ1) is 12.0. The smallest absolute Gasteiger partial charge is 0.197 e. The van der Waals surface area contributed by atoms with Crippen molar-refractivity contribution in [2.75, 3.05) is 0 Å². The van der Waals surface area contributed by atoms with E-state index >= 15 is 0 Å². The third-order valence-electron chi connectivity index (χ3n) is 2.31. The zero-order chi connectivity index (χ0) is 12.6. The van der Waals surface area contributed by atoms with Crippen molar-refractivity contribution in [2.45, 2.75) is 6.42 Å². The van der Waals surface area contributed by atoms with Crippen molar-refractivity contribution in [2.24, 2.45) is 0 Å². The van der Waals surface area contributed by atoms with Gasteiger partial charge in [0.25, 0.3) is 0 Å². The van der Waals surface area contributed by atoms with Gasteiger partial charge in [0, 0.05) is 18.0 Å². The van der Waals surface area contributed by atoms with Crippen LogP contribution in [0.2, 0.25) is 0 Å². The van der Waals surface area contributed by atoms with Crippen LogP contribution in [0.15, 0.2) is 72.1 Å². The lowest BCUT2D eigenvalue weighted by Gasteiger charge is -1.91. The predicted octanol–water partition coefficient (Wildman–Crippen LogP) is 3.64. The van der Waals surface area contributed by atoms with Gasteiger partial charge in [-0.3, -0.25) is 4.98 Å². The molecule has 0 aliphatic heterocycles. The van der Waals surface area contributed by atoms with Gasteiger partial charge in [-0.25, -0.2) is 4.98 Å². The van der Waals surface area contributed by atoms with Gasteiger partial charge in [-0.1, -0.05) is 30.3 Å². The second kappa shape index (κ2) is 6.35. The molecule has 0 saturated heterocycles. The van der Waals surface area contributed by atoms with Gasteiger partial charge in [0.1, 0.15) is 6.26 Å². The van der Waals surface area contributed by atoms with Crippen molar-refractivity contribution in [3.8, 4) is 0 Å². The highest BCUT2D eigenvalue weighted by Gasteiger charge is 1.88. The van der Waals surface area contributed by atoms with E-state index in [4.69, 9.17) is 4.42 Å². The van der Waals surface area contributed by atoms with Crippen LogP contribution in [0.3, 0.4) is 0 Å². The second-order valence-electron chi connectivity index (χ2n) is 3.61. The first-order chi connectivity index (χ1) is 8.90. The van der Waals surface area contributed by atoms with E-state index in [1.54, 1.807) is 18.5 Å². The molecule has 0 fully saturated rings. The second-order valence-corrected chi connectivity index (χ2v) is 3.61. The van der Waals surface area contributed by atoms with E-state index in [1.165, 1.54) is 5.39 Å². The Bertz CT molecular complexity index is 537. The minimum atomic E-state index is 0.715. The highest BCUT2D eigenvalue weighted by atomic mass is 16.3. The molecule has 0 bridgehead atoms. The van der Waals surface area contributed by atoms with Crippen LogP contribution in [0.25, 0.3) is 10.9 Å². The summed E-state index contributed by atoms with van der Waals surface area (Å²) in [5, 5.41) is 1.20. The largest absolute Gasteiger partial charge is 0.449 e. The van der Waals surface area contributed by atoms with Gasteiger partial charge < -0.3 is 4.42 Å². The minimum Gasteiger partial charge on any atom is -0.449 e. The third-order valence-corrected chi connectivity index (χ3v) is 2.31. The summed E-state index contributed by atoms with van der Waals surface area (Å²) in [7, 11) is 0. The van der Waals surface area contributed by atoms with Crippen LogP contribution in [0, 0.1) is 0 Å². The molecule has 18 heavy (non-hydrogen) atoms. The van der Waals surface area contributed by atoms with E-state index in [9.17, 15) is 0 Å². The minimum absolute atomic E-state index is 0.715. The lowest BCUT2D eigenvalue weighted by Crippen LogP contribution is -1.75. The van der Waals surface area contributed by atoms with Crippen LogP contribution in [0.1, 0.15) is 5.89 Å². The zero-order valence-corrected chi connectivity index (χ0v) is 9.99. The van der Waals surface area contributed by atoms with Gasteiger partial charge in [0.2, 0.25) is 0 Å². The number of pyridine rings is 1. The van der Waals surface area contributed by atoms with Crippen LogP contribution < -0.4 is 0 Å². The monoisotopic (exact) mass is 238 g/mol. The molecule has 3 aromatic rings. The number of nitrogens with zero attached hydrogens (tertiary/aromatic N) is 2. The molecule has 0 atom stereocenters. The Kier molecular flexibility index (Phi) is 4.25. The molecular formula is C15H14N2O. The molecular weight excluding hydrogens is 224 g/mol. The van der Waals surface area contributed by atoms with E-state index in [2.05, 4.69) is 28.7 Å². The van der Waals surface area contributed by atoms with Crippen molar-refractivity contribution in [3.05, 3.63) is 73.6 Å². The maximum atomic E-state index is 4.89. The fourth-order valence-corrected chi connectivity index (χ4v) is 1.49. The number of para-hydroxylation sites is 1. The van der Waals surface area contributed by atoms with Crippen LogP contribution in [-0.2, 0) is 6.42 Å². The van der Waals surface area contributed by atoms with E-state index in [0.717, 1.165) is 11.4 Å². The van der Waals surface area contributed by atoms with Crippen molar-refractivity contribution < 1.29 is 4.42 Å². The van der Waals surface area contributed by atoms with E-state index in [0.29, 0.717) is 6.42 Å². The number of benzene rings is 1. The molecule has 0 N–H and O–H groups in total. The molecule has 2 heterocycles. The van der Waals surface area contributed by atoms with Crippen molar-refractivity contribution in [3.63, 3.8) is 0 Å². The first-order valence-electron chi connectivity index (χ1n) is 5.69. The Morgan fingerprint density at radius 1 is 1.06 bits per heavy atom. The Labute approximate surface area is 106 Å². The molecule has 3 rings (SSSR count). The highest BCUT2D eigenvalue weighted by molar-refractivity contribution is 5.77. The number of aromatic nitrogens is 2. The van der Waals surface area contributed by atoms with Crippen molar-refractivity contribution >= 4 is 10.9 Å². The SMILES string of the molecule is C=CCc1ncco1.c1ccc2ncccc2c1. The Hall–Kier alpha value is -2.42. The standard InChI is InChI=1S/C9H7N.C6H7NO/c1-2-6-9-8(4-1)5-3-7-10-9;1-2-3-6-7-4-5-8-6/h1-7H;2,4-5H,1,3H2. The maximum absolute atomic E-state index is 4.89. The summed E-state index contributed by atoms with van der Waals surface area (Å²) < 4.78 is 4.89. The Balaban J connectivity index is 0.000000138. The molecule has 0 aliphatic carbocycles. The van der Waals surface area contributed by atoms with Crippen molar-refractivity contribution in [1.29, 1.82) is 0 Å². The normalized spacial score (nSPS) is 9.56. The van der Waals surface area contributed by atoms with Gasteiger partial charge in [-0.15, -0.1) is 6.58 Å². The average Bonchev–Trinajstić information content (AvgIpc) is 2.93. The summed E-state index contributed by atoms with van der Waals surface area (Å²) in [4.78, 5) is 8.05. The van der Waals surface area contributed by atoms with E-state index in [-0.39, 0.29) is 0 Å². The van der Waals surface area contributed by atoms with Gasteiger partial charge in [0.15, 0.2) is 5.89 Å². The topological polar surface area (TPSA) is 38.9 Å². The molecule has 3 nitrogen and oxygen atoms in total. The molecule has 90 valence electrons. The van der Waals surface area contributed by atoms with Crippen LogP contribution >= 0.6 is 0 Å². The summed E-state index contributed by atoms with van der Waals surface area (Å²) in [6.07, 6.45) is 7.46. The number of oxazole rings is 1. The van der Waals surface area contributed by atoms with E-state index in [1.807, 2.05) is 30.5 Å². The average molecular weight is 238 g/mol. The predicted molar refractivity (Wildman–Crippen MR) is 72.1 cm³/mol. The quantitative estimate of drug-likeness (QED) is 0.640. The maximum Gasteiger partial charge on any atom is 0.197 e. The summed E-state index contributed by atoms with van der Waals surface area (Å²) in [6, 6.07) is 12.1. The number of rotatable bonds is 2. The van der Waals surface area contributed by atoms with Gasteiger partial charge in [0.05, 0.1) is 11.7 Å². The zero-order valence-electron chi connectivity index (χ0n) is 9.99. The van der Waals surface area contributed by atoms with Crippen LogP contribution in [0.5, 0.6) is 0 Å². The lowest BCUT2D eigenvalue weighted by atomic mass is 10.2. The fourth-order valence-electron chi connectivity index (χ4n) is 1.49. The summed E-state index contributed by atoms with van der Waals surface area (Å²) in [6.45, 7) is 3.54. The first-order valence-corrected chi connectivity index (χ1v) is 5.69. The van der Waals surface area contributed by atoms with Crippen LogP contribution in [-0.4, -0.2) is 9.97 Å². The summed E-state index contributed by atoms with van der Waals surface area (Å²) >= 11 is 0. The number of hydrogen-bond donors (Lipinski definition) is 0. The van der Waals surface area contributed by atoms with Gasteiger partial charge >= 0.3 is 0 Å². The molecule has 2 aromatic heterocycles. The highest BCUT2D eigenvalue weighted by Crippen LogP contribution is 2.07. The summed E-state index contributed by atoms with van der Waals surface area (Å²) in [5.41, 5.74) is 1.06. The van der Waals surface area contributed by atoms with Crippen molar-refractivity contribution in [1.82, 2.24) is 9.97 Å². The fraction of sp³-hybridized carbons (Fsp3) is 0.0667. The Morgan fingerprint density at radius 2 is 1.89 bits per heavy atom. The third kappa shape index (κ3) is 3.28. The molecule has 0 radical (unpaired) electrons. The van der Waals surface area contributed by atoms with Crippen LogP contribution in [0.4, 0.5) is 0 Å². The Morgan fingerprint density at radius 3 is 2.61 bits per heavy atom.